The van der Waals surface area contributed by atoms with Crippen molar-refractivity contribution in [3.63, 3.8) is 0 Å². The molecule has 20 heavy (non-hydrogen) atoms. The summed E-state index contributed by atoms with van der Waals surface area (Å²) in [5.74, 6) is 0.746. The van der Waals surface area contributed by atoms with Crippen LogP contribution in [0.1, 0.15) is 6.42 Å². The van der Waals surface area contributed by atoms with Crippen molar-refractivity contribution in [3.8, 4) is 5.75 Å². The number of aromatic nitrogens is 2. The maximum absolute atomic E-state index is 10.4. The van der Waals surface area contributed by atoms with Crippen LogP contribution < -0.4 is 4.74 Å². The van der Waals surface area contributed by atoms with Gasteiger partial charge in [-0.25, -0.2) is 9.97 Å². The second-order valence-electron chi connectivity index (χ2n) is 4.75. The Morgan fingerprint density at radius 1 is 1.45 bits per heavy atom. The first-order valence-electron chi connectivity index (χ1n) is 6.40. The Morgan fingerprint density at radius 2 is 2.35 bits per heavy atom. The van der Waals surface area contributed by atoms with Gasteiger partial charge in [-0.15, -0.1) is 0 Å². The summed E-state index contributed by atoms with van der Waals surface area (Å²) in [6.07, 6.45) is 4.34. The van der Waals surface area contributed by atoms with Gasteiger partial charge in [-0.1, -0.05) is 11.6 Å². The number of fused-ring (bicyclic) bond motifs is 1. The minimum atomic E-state index is 0.0872. The van der Waals surface area contributed by atoms with Crippen LogP contribution >= 0.6 is 11.6 Å². The molecule has 0 aliphatic carbocycles. The second kappa shape index (κ2) is 5.73. The number of nitrogens with zero attached hydrogens (tertiary/aromatic N) is 3. The third-order valence-corrected chi connectivity index (χ3v) is 3.68. The largest absolute Gasteiger partial charge is 0.489 e. The van der Waals surface area contributed by atoms with E-state index in [9.17, 15) is 4.79 Å². The monoisotopic (exact) mass is 290 g/mol. The molecule has 0 amide bonds. The van der Waals surface area contributed by atoms with E-state index in [1.807, 2.05) is 29.4 Å². The van der Waals surface area contributed by atoms with Gasteiger partial charge in [-0.05, 0) is 24.6 Å². The average Bonchev–Trinajstić information content (AvgIpc) is 2.88. The van der Waals surface area contributed by atoms with Gasteiger partial charge in [0.2, 0.25) is 6.29 Å². The minimum Gasteiger partial charge on any atom is -0.489 e. The Labute approximate surface area is 121 Å². The third kappa shape index (κ3) is 2.73. The van der Waals surface area contributed by atoms with Crippen molar-refractivity contribution in [1.29, 1.82) is 0 Å². The van der Waals surface area contributed by atoms with Crippen LogP contribution in [0, 0.1) is 0 Å². The molecule has 0 unspecified atom stereocenters. The molecule has 2 aromatic rings. The molecule has 1 aliphatic rings. The maximum Gasteiger partial charge on any atom is 0.213 e. The molecular formula is C14H13ClN3O2. The quantitative estimate of drug-likeness (QED) is 0.804. The summed E-state index contributed by atoms with van der Waals surface area (Å²) in [6.45, 7) is 1.95. The normalized spacial score (nSPS) is 19.4. The zero-order chi connectivity index (χ0) is 13.9. The van der Waals surface area contributed by atoms with Crippen LogP contribution in [0.2, 0.25) is 5.15 Å². The van der Waals surface area contributed by atoms with Gasteiger partial charge in [0.05, 0.1) is 12.1 Å². The second-order valence-corrected chi connectivity index (χ2v) is 5.11. The van der Waals surface area contributed by atoms with Crippen molar-refractivity contribution < 1.29 is 9.53 Å². The lowest BCUT2D eigenvalue weighted by Crippen LogP contribution is -2.26. The van der Waals surface area contributed by atoms with Crippen LogP contribution in [-0.4, -0.2) is 46.9 Å². The van der Waals surface area contributed by atoms with Gasteiger partial charge in [0.1, 0.15) is 23.3 Å². The number of rotatable bonds is 4. The summed E-state index contributed by atoms with van der Waals surface area (Å²) >= 11 is 6.05. The van der Waals surface area contributed by atoms with Gasteiger partial charge < -0.3 is 4.74 Å². The van der Waals surface area contributed by atoms with Crippen LogP contribution in [0.3, 0.4) is 0 Å². The standard InChI is InChI=1S/C14H13ClN3O2/c15-14-12-7-10(1-2-13(12)16-9-17-14)20-11-3-4-18(8-11)5-6-19/h1-2,7,9,11H,3-5,8H2/t11-/m0/s1. The van der Waals surface area contributed by atoms with Gasteiger partial charge in [0.15, 0.2) is 0 Å². The van der Waals surface area contributed by atoms with Gasteiger partial charge in [0.25, 0.3) is 0 Å². The summed E-state index contributed by atoms with van der Waals surface area (Å²) < 4.78 is 5.93. The Kier molecular flexibility index (Phi) is 3.80. The van der Waals surface area contributed by atoms with Gasteiger partial charge in [0, 0.05) is 18.5 Å². The van der Waals surface area contributed by atoms with Gasteiger partial charge >= 0.3 is 0 Å². The number of ether oxygens (including phenoxy) is 1. The molecule has 1 aromatic carbocycles. The fourth-order valence-electron chi connectivity index (χ4n) is 2.40. The van der Waals surface area contributed by atoms with Crippen molar-refractivity contribution in [3.05, 3.63) is 29.7 Å². The zero-order valence-electron chi connectivity index (χ0n) is 10.8. The molecule has 1 saturated heterocycles. The lowest BCUT2D eigenvalue weighted by molar-refractivity contribution is 0.205. The number of carbonyl (C=O) groups excluding carboxylic acids is 1. The number of likely N-dealkylation sites (tertiary alicyclic amines) is 1. The predicted octanol–water partition coefficient (Wildman–Crippen LogP) is 1.85. The van der Waals surface area contributed by atoms with Crippen LogP contribution in [0.25, 0.3) is 10.9 Å². The van der Waals surface area contributed by atoms with E-state index >= 15 is 0 Å². The summed E-state index contributed by atoms with van der Waals surface area (Å²) in [4.78, 5) is 20.5. The Bertz CT molecular complexity index is 635. The molecule has 0 spiro atoms. The summed E-state index contributed by atoms with van der Waals surface area (Å²) in [5, 5.41) is 1.20. The molecule has 6 heteroatoms. The summed E-state index contributed by atoms with van der Waals surface area (Å²) in [7, 11) is 0. The molecule has 1 radical (unpaired) electrons. The highest BCUT2D eigenvalue weighted by atomic mass is 35.5. The molecule has 103 valence electrons. The van der Waals surface area contributed by atoms with Crippen molar-refractivity contribution in [2.75, 3.05) is 19.6 Å². The third-order valence-electron chi connectivity index (χ3n) is 3.38. The number of halogens is 1. The van der Waals surface area contributed by atoms with Crippen molar-refractivity contribution in [2.24, 2.45) is 0 Å². The zero-order valence-corrected chi connectivity index (χ0v) is 11.5. The smallest absolute Gasteiger partial charge is 0.213 e. The first-order chi connectivity index (χ1) is 9.76. The Balaban J connectivity index is 1.75. The first-order valence-corrected chi connectivity index (χ1v) is 6.78. The fraction of sp³-hybridized carbons (Fsp3) is 0.357. The topological polar surface area (TPSA) is 55.3 Å². The Hall–Kier alpha value is -1.72. The highest BCUT2D eigenvalue weighted by Gasteiger charge is 2.23. The van der Waals surface area contributed by atoms with E-state index in [2.05, 4.69) is 9.97 Å². The highest BCUT2D eigenvalue weighted by Crippen LogP contribution is 2.26. The van der Waals surface area contributed by atoms with Crippen molar-refractivity contribution in [2.45, 2.75) is 12.5 Å². The van der Waals surface area contributed by atoms with Crippen LogP contribution in [0.15, 0.2) is 24.5 Å². The fourth-order valence-corrected chi connectivity index (χ4v) is 2.59. The highest BCUT2D eigenvalue weighted by molar-refractivity contribution is 6.34. The van der Waals surface area contributed by atoms with Crippen LogP contribution in [-0.2, 0) is 4.79 Å². The van der Waals surface area contributed by atoms with E-state index in [-0.39, 0.29) is 6.10 Å². The summed E-state index contributed by atoms with van der Waals surface area (Å²) in [5.41, 5.74) is 0.793. The van der Waals surface area contributed by atoms with Crippen LogP contribution in [0.4, 0.5) is 0 Å². The molecule has 0 saturated carbocycles. The molecule has 2 heterocycles. The van der Waals surface area contributed by atoms with Crippen molar-refractivity contribution in [1.82, 2.24) is 14.9 Å². The maximum atomic E-state index is 10.4. The van der Waals surface area contributed by atoms with E-state index in [4.69, 9.17) is 16.3 Å². The molecule has 1 aromatic heterocycles. The molecule has 0 N–H and O–H groups in total. The van der Waals surface area contributed by atoms with E-state index < -0.39 is 0 Å². The van der Waals surface area contributed by atoms with Gasteiger partial charge in [-0.3, -0.25) is 9.69 Å². The van der Waals surface area contributed by atoms with Crippen molar-refractivity contribution >= 4 is 28.8 Å². The molecule has 1 fully saturated rings. The molecule has 0 bridgehead atoms. The Morgan fingerprint density at radius 3 is 3.20 bits per heavy atom. The van der Waals surface area contributed by atoms with Crippen LogP contribution in [0.5, 0.6) is 5.75 Å². The van der Waals surface area contributed by atoms with E-state index in [1.54, 1.807) is 0 Å². The lowest BCUT2D eigenvalue weighted by atomic mass is 10.2. The number of benzene rings is 1. The molecular weight excluding hydrogens is 278 g/mol. The van der Waals surface area contributed by atoms with E-state index in [1.165, 1.54) is 6.33 Å². The predicted molar refractivity (Wildman–Crippen MR) is 75.7 cm³/mol. The number of hydrogen-bond donors (Lipinski definition) is 0. The summed E-state index contributed by atoms with van der Waals surface area (Å²) in [6, 6.07) is 5.59. The lowest BCUT2D eigenvalue weighted by Gasteiger charge is -2.15. The number of hydrogen-bond acceptors (Lipinski definition) is 5. The minimum absolute atomic E-state index is 0.0872. The molecule has 3 rings (SSSR count). The van der Waals surface area contributed by atoms with E-state index in [0.717, 1.165) is 36.2 Å². The van der Waals surface area contributed by atoms with E-state index in [0.29, 0.717) is 11.7 Å². The average molecular weight is 291 g/mol. The molecule has 1 aliphatic heterocycles. The molecule has 1 atom stereocenters. The van der Waals surface area contributed by atoms with Gasteiger partial charge in [-0.2, -0.15) is 0 Å². The molecule has 5 nitrogen and oxygen atoms in total. The first kappa shape index (κ1) is 13.3. The SMILES string of the molecule is O=[C]CN1CC[C@H](Oc2ccc3ncnc(Cl)c3c2)C1.